The van der Waals surface area contributed by atoms with Gasteiger partial charge in [0.05, 0.1) is 21.5 Å². The molecule has 0 aliphatic heterocycles. The van der Waals surface area contributed by atoms with E-state index in [0.29, 0.717) is 30.6 Å². The van der Waals surface area contributed by atoms with Crippen molar-refractivity contribution in [3.05, 3.63) is 75.5 Å². The minimum Gasteiger partial charge on any atom is -0.508 e. The maximum atomic E-state index is 12.3. The van der Waals surface area contributed by atoms with Gasteiger partial charge in [-0.3, -0.25) is 9.59 Å². The average Bonchev–Trinajstić information content (AvgIpc) is 3.00. The van der Waals surface area contributed by atoms with Crippen molar-refractivity contribution in [1.29, 1.82) is 0 Å². The minimum absolute atomic E-state index is 0.0476. The Bertz CT molecular complexity index is 1060. The summed E-state index contributed by atoms with van der Waals surface area (Å²) in [5.41, 5.74) is 3.74. The van der Waals surface area contributed by atoms with E-state index in [0.717, 1.165) is 21.5 Å². The molecule has 2 aromatic carbocycles. The van der Waals surface area contributed by atoms with Gasteiger partial charge in [-0.05, 0) is 78.7 Å². The molecule has 0 bridgehead atoms. The maximum Gasteiger partial charge on any atom is 0.251 e. The number of aromatic hydroxyl groups is 1. The van der Waals surface area contributed by atoms with Gasteiger partial charge in [-0.15, -0.1) is 0 Å². The van der Waals surface area contributed by atoms with Crippen molar-refractivity contribution in [2.75, 3.05) is 13.1 Å². The molecule has 0 saturated carbocycles. The van der Waals surface area contributed by atoms with Crippen LogP contribution in [0.15, 0.2) is 53.0 Å². The zero-order valence-electron chi connectivity index (χ0n) is 16.8. The number of phenols is 1. The number of hydrogen-bond donors (Lipinski definition) is 3. The molecule has 0 unspecified atom stereocenters. The van der Waals surface area contributed by atoms with Gasteiger partial charge in [0.1, 0.15) is 5.75 Å². The highest BCUT2D eigenvalue weighted by Crippen LogP contribution is 2.23. The molecule has 1 aromatic heterocycles. The first-order valence-corrected chi connectivity index (χ1v) is 10.3. The van der Waals surface area contributed by atoms with E-state index in [-0.39, 0.29) is 17.6 Å². The van der Waals surface area contributed by atoms with Crippen molar-refractivity contribution >= 4 is 27.7 Å². The molecule has 3 N–H and O–H groups in total. The van der Waals surface area contributed by atoms with Crippen LogP contribution in [-0.4, -0.2) is 39.8 Å². The lowest BCUT2D eigenvalue weighted by Crippen LogP contribution is -2.29. The first-order valence-electron chi connectivity index (χ1n) is 9.54. The SMILES string of the molecule is Cc1nn(-c2ccc(C(=O)NCCCNC(=O)c3cccc(O)c3)cc2)c(C)c1Br. The van der Waals surface area contributed by atoms with Crippen molar-refractivity contribution in [3.63, 3.8) is 0 Å². The van der Waals surface area contributed by atoms with Crippen LogP contribution in [0.25, 0.3) is 5.69 Å². The van der Waals surface area contributed by atoms with E-state index in [1.165, 1.54) is 12.1 Å². The average molecular weight is 471 g/mol. The number of amides is 2. The van der Waals surface area contributed by atoms with Crippen LogP contribution < -0.4 is 10.6 Å². The summed E-state index contributed by atoms with van der Waals surface area (Å²) in [4.78, 5) is 24.3. The molecule has 0 spiro atoms. The number of rotatable bonds is 7. The molecule has 3 aromatic rings. The van der Waals surface area contributed by atoms with E-state index >= 15 is 0 Å². The molecule has 0 atom stereocenters. The van der Waals surface area contributed by atoms with Crippen molar-refractivity contribution in [2.45, 2.75) is 20.3 Å². The van der Waals surface area contributed by atoms with E-state index in [1.807, 2.05) is 30.7 Å². The lowest BCUT2D eigenvalue weighted by Gasteiger charge is -2.08. The number of halogens is 1. The second-order valence-electron chi connectivity index (χ2n) is 6.86. The fourth-order valence-electron chi connectivity index (χ4n) is 2.97. The van der Waals surface area contributed by atoms with Gasteiger partial charge in [0, 0.05) is 24.2 Å². The van der Waals surface area contributed by atoms with E-state index in [2.05, 4.69) is 31.7 Å². The smallest absolute Gasteiger partial charge is 0.251 e. The van der Waals surface area contributed by atoms with Gasteiger partial charge in [0.2, 0.25) is 0 Å². The number of aryl methyl sites for hydroxylation is 1. The molecule has 1 heterocycles. The van der Waals surface area contributed by atoms with Gasteiger partial charge in [-0.1, -0.05) is 6.07 Å². The molecular weight excluding hydrogens is 448 g/mol. The summed E-state index contributed by atoms with van der Waals surface area (Å²) >= 11 is 3.52. The highest BCUT2D eigenvalue weighted by Gasteiger charge is 2.11. The zero-order chi connectivity index (χ0) is 21.7. The fraction of sp³-hybridized carbons (Fsp3) is 0.227. The first kappa shape index (κ1) is 21.6. The molecule has 0 fully saturated rings. The summed E-state index contributed by atoms with van der Waals surface area (Å²) in [5, 5.41) is 19.5. The molecule has 30 heavy (non-hydrogen) atoms. The lowest BCUT2D eigenvalue weighted by molar-refractivity contribution is 0.0951. The van der Waals surface area contributed by atoms with Gasteiger partial charge >= 0.3 is 0 Å². The predicted molar refractivity (Wildman–Crippen MR) is 118 cm³/mol. The summed E-state index contributed by atoms with van der Waals surface area (Å²) < 4.78 is 2.80. The first-order chi connectivity index (χ1) is 14.4. The van der Waals surface area contributed by atoms with Crippen molar-refractivity contribution in [3.8, 4) is 11.4 Å². The summed E-state index contributed by atoms with van der Waals surface area (Å²) in [6.07, 6.45) is 0.591. The summed E-state index contributed by atoms with van der Waals surface area (Å²) in [5.74, 6) is -0.384. The second-order valence-corrected chi connectivity index (χ2v) is 7.65. The number of nitrogens with zero attached hydrogens (tertiary/aromatic N) is 2. The minimum atomic E-state index is -0.261. The van der Waals surface area contributed by atoms with Gasteiger partial charge in [0.15, 0.2) is 0 Å². The fourth-order valence-corrected chi connectivity index (χ4v) is 3.22. The number of carbonyl (C=O) groups excluding carboxylic acids is 2. The summed E-state index contributed by atoms with van der Waals surface area (Å²) in [7, 11) is 0. The number of nitrogens with one attached hydrogen (secondary N) is 2. The van der Waals surface area contributed by atoms with Crippen LogP contribution in [0, 0.1) is 13.8 Å². The molecule has 0 aliphatic rings. The predicted octanol–water partition coefficient (Wildman–Crippen LogP) is 3.51. The molecule has 156 valence electrons. The van der Waals surface area contributed by atoms with Gasteiger partial charge in [-0.25, -0.2) is 4.68 Å². The molecule has 0 aliphatic carbocycles. The lowest BCUT2D eigenvalue weighted by atomic mass is 10.2. The van der Waals surface area contributed by atoms with Crippen LogP contribution in [0.1, 0.15) is 38.5 Å². The van der Waals surface area contributed by atoms with Crippen LogP contribution in [0.5, 0.6) is 5.75 Å². The Balaban J connectivity index is 1.46. The van der Waals surface area contributed by atoms with Gasteiger partial charge < -0.3 is 15.7 Å². The quantitative estimate of drug-likeness (QED) is 0.460. The summed E-state index contributed by atoms with van der Waals surface area (Å²) in [6, 6.07) is 13.4. The third-order valence-electron chi connectivity index (χ3n) is 4.61. The molecule has 3 rings (SSSR count). The van der Waals surface area contributed by atoms with Crippen molar-refractivity contribution < 1.29 is 14.7 Å². The highest BCUT2D eigenvalue weighted by atomic mass is 79.9. The molecule has 7 nitrogen and oxygen atoms in total. The Hall–Kier alpha value is -3.13. The number of aromatic nitrogens is 2. The molecular formula is C22H23BrN4O3. The zero-order valence-corrected chi connectivity index (χ0v) is 18.4. The molecule has 2 amide bonds. The molecule has 0 radical (unpaired) electrons. The van der Waals surface area contributed by atoms with E-state index in [9.17, 15) is 14.7 Å². The largest absolute Gasteiger partial charge is 0.508 e. The number of hydrogen-bond acceptors (Lipinski definition) is 4. The monoisotopic (exact) mass is 470 g/mol. The van der Waals surface area contributed by atoms with E-state index in [4.69, 9.17) is 0 Å². The standard InChI is InChI=1S/C22H23BrN4O3/c1-14-20(23)15(2)27(26-14)18-9-7-16(8-10-18)21(29)24-11-4-12-25-22(30)17-5-3-6-19(28)13-17/h3,5-10,13,28H,4,11-12H2,1-2H3,(H,24,29)(H,25,30). The van der Waals surface area contributed by atoms with Gasteiger partial charge in [0.25, 0.3) is 11.8 Å². The van der Waals surface area contributed by atoms with Crippen LogP contribution >= 0.6 is 15.9 Å². The molecule has 8 heteroatoms. The van der Waals surface area contributed by atoms with Gasteiger partial charge in [-0.2, -0.15) is 5.10 Å². The Morgan fingerprint density at radius 2 is 1.63 bits per heavy atom. The third-order valence-corrected chi connectivity index (χ3v) is 5.76. The van der Waals surface area contributed by atoms with E-state index < -0.39 is 0 Å². The normalized spacial score (nSPS) is 10.6. The number of carbonyl (C=O) groups is 2. The Morgan fingerprint density at radius 3 is 2.20 bits per heavy atom. The van der Waals surface area contributed by atoms with Crippen molar-refractivity contribution in [1.82, 2.24) is 20.4 Å². The van der Waals surface area contributed by atoms with Crippen LogP contribution in [0.4, 0.5) is 0 Å². The molecule has 0 saturated heterocycles. The topological polar surface area (TPSA) is 96.3 Å². The van der Waals surface area contributed by atoms with E-state index in [1.54, 1.807) is 24.3 Å². The number of benzene rings is 2. The van der Waals surface area contributed by atoms with Crippen LogP contribution in [0.3, 0.4) is 0 Å². The maximum absolute atomic E-state index is 12.3. The van der Waals surface area contributed by atoms with Crippen LogP contribution in [-0.2, 0) is 0 Å². The number of phenolic OH excluding ortho intramolecular Hbond substituents is 1. The second kappa shape index (κ2) is 9.58. The van der Waals surface area contributed by atoms with Crippen LogP contribution in [0.2, 0.25) is 0 Å². The van der Waals surface area contributed by atoms with Crippen molar-refractivity contribution in [2.24, 2.45) is 0 Å². The Morgan fingerprint density at radius 1 is 1.00 bits per heavy atom. The Labute approximate surface area is 183 Å². The highest BCUT2D eigenvalue weighted by molar-refractivity contribution is 9.10. The third kappa shape index (κ3) is 5.07. The Kier molecular flexibility index (Phi) is 6.89. The summed E-state index contributed by atoms with van der Waals surface area (Å²) in [6.45, 7) is 4.76.